The molecule has 1 fully saturated rings. The highest BCUT2D eigenvalue weighted by Gasteiger charge is 2.37. The maximum Gasteiger partial charge on any atom is 0.282 e. The number of imidazole rings is 1. The number of nitrogens with zero attached hydrogens (tertiary/aromatic N) is 4. The number of nitrogens with one attached hydrogen (secondary N) is 2. The predicted octanol–water partition coefficient (Wildman–Crippen LogP) is 1.61. The molecule has 1 amide bonds. The van der Waals surface area contributed by atoms with Crippen LogP contribution >= 0.6 is 11.6 Å². The van der Waals surface area contributed by atoms with Gasteiger partial charge in [0.2, 0.25) is 5.91 Å². The van der Waals surface area contributed by atoms with Crippen molar-refractivity contribution in [2.24, 2.45) is 5.92 Å². The lowest BCUT2D eigenvalue weighted by atomic mass is 9.86. The minimum atomic E-state index is -3.76. The van der Waals surface area contributed by atoms with Gasteiger partial charge in [-0.2, -0.15) is 17.0 Å². The van der Waals surface area contributed by atoms with Crippen LogP contribution in [0.5, 0.6) is 0 Å². The van der Waals surface area contributed by atoms with Gasteiger partial charge in [0, 0.05) is 33.1 Å². The largest absolute Gasteiger partial charge is 0.358 e. The van der Waals surface area contributed by atoms with Crippen LogP contribution in [0.4, 0.5) is 4.39 Å². The number of hydrogen-bond donors (Lipinski definition) is 2. The van der Waals surface area contributed by atoms with Crippen molar-refractivity contribution in [1.82, 2.24) is 28.9 Å². The Kier molecular flexibility index (Phi) is 6.75. The third-order valence-corrected chi connectivity index (χ3v) is 7.45. The monoisotopic (exact) mass is 458 g/mol. The van der Waals surface area contributed by atoms with Gasteiger partial charge in [-0.1, -0.05) is 18.5 Å². The molecule has 1 aliphatic rings. The van der Waals surface area contributed by atoms with Crippen molar-refractivity contribution >= 4 is 27.7 Å². The van der Waals surface area contributed by atoms with Crippen LogP contribution in [0.25, 0.3) is 11.5 Å². The minimum Gasteiger partial charge on any atom is -0.358 e. The minimum absolute atomic E-state index is 0.0325. The van der Waals surface area contributed by atoms with Crippen molar-refractivity contribution < 1.29 is 17.6 Å². The second kappa shape index (κ2) is 8.96. The van der Waals surface area contributed by atoms with E-state index in [-0.39, 0.29) is 37.4 Å². The van der Waals surface area contributed by atoms with Crippen molar-refractivity contribution in [1.29, 1.82) is 0 Å². The average molecular weight is 459 g/mol. The Morgan fingerprint density at radius 1 is 1.47 bits per heavy atom. The van der Waals surface area contributed by atoms with E-state index in [2.05, 4.69) is 20.3 Å². The van der Waals surface area contributed by atoms with Crippen LogP contribution in [-0.4, -0.2) is 71.6 Å². The van der Waals surface area contributed by atoms with Crippen LogP contribution in [-0.2, 0) is 15.0 Å². The van der Waals surface area contributed by atoms with Crippen LogP contribution in [0, 0.1) is 11.7 Å². The summed E-state index contributed by atoms with van der Waals surface area (Å²) < 4.78 is 41.1. The number of halogens is 2. The van der Waals surface area contributed by atoms with Crippen molar-refractivity contribution in [3.05, 3.63) is 35.0 Å². The molecule has 30 heavy (non-hydrogen) atoms. The molecule has 12 heteroatoms. The molecular formula is C18H24ClFN6O3S. The summed E-state index contributed by atoms with van der Waals surface area (Å²) in [6, 6.07) is 2.80. The summed E-state index contributed by atoms with van der Waals surface area (Å²) in [4.78, 5) is 23.0. The molecule has 2 aromatic heterocycles. The summed E-state index contributed by atoms with van der Waals surface area (Å²) in [5.41, 5.74) is 1.18. The Bertz CT molecular complexity index is 1010. The van der Waals surface area contributed by atoms with E-state index in [1.807, 2.05) is 6.92 Å². The lowest BCUT2D eigenvalue weighted by molar-refractivity contribution is -0.120. The van der Waals surface area contributed by atoms with E-state index in [1.165, 1.54) is 30.5 Å². The van der Waals surface area contributed by atoms with Crippen molar-refractivity contribution in [3.8, 4) is 11.5 Å². The van der Waals surface area contributed by atoms with Crippen LogP contribution in [0.3, 0.4) is 0 Å². The summed E-state index contributed by atoms with van der Waals surface area (Å²) >= 11 is 6.35. The number of aromatic nitrogens is 3. The van der Waals surface area contributed by atoms with Gasteiger partial charge >= 0.3 is 0 Å². The van der Waals surface area contributed by atoms with Crippen molar-refractivity contribution in [2.45, 2.75) is 19.3 Å². The van der Waals surface area contributed by atoms with Gasteiger partial charge in [-0.3, -0.25) is 4.79 Å². The molecule has 2 N–H and O–H groups in total. The number of aromatic amines is 1. The van der Waals surface area contributed by atoms with E-state index in [9.17, 15) is 17.6 Å². The molecule has 0 bridgehead atoms. The Balaban J connectivity index is 1.74. The zero-order valence-electron chi connectivity index (χ0n) is 16.9. The third-order valence-electron chi connectivity index (χ3n) is 5.26. The first kappa shape index (κ1) is 22.6. The maximum absolute atomic E-state index is 13.1. The van der Waals surface area contributed by atoms with Gasteiger partial charge in [-0.15, -0.1) is 0 Å². The summed E-state index contributed by atoms with van der Waals surface area (Å²) in [6.45, 7) is 2.27. The van der Waals surface area contributed by atoms with Crippen molar-refractivity contribution in [3.63, 3.8) is 0 Å². The quantitative estimate of drug-likeness (QED) is 0.683. The molecular weight excluding hydrogens is 435 g/mol. The number of amides is 1. The van der Waals surface area contributed by atoms with Crippen LogP contribution < -0.4 is 5.32 Å². The van der Waals surface area contributed by atoms with Gasteiger partial charge in [-0.05, 0) is 24.5 Å². The topological polar surface area (TPSA) is 111 Å². The number of carbonyl (C=O) groups excluding carboxylic acids is 1. The molecule has 1 saturated heterocycles. The van der Waals surface area contributed by atoms with E-state index in [1.54, 1.807) is 0 Å². The standard InChI is InChI=1S/C18H24ClFN6O3S/c1-11-9-26(30(28,29)25(3)10-15(27)21-2)7-6-13(11)16-17(19)24-18(23-16)14-5-4-12(20)8-22-14/h4-5,8,11,13H,6-7,9-10H2,1-3H3,(H,21,27)(H,23,24)/t11-,13+/m1/s1. The number of likely N-dealkylation sites (N-methyl/N-ethyl adjacent to an activating group) is 2. The normalized spacial score (nSPS) is 20.5. The van der Waals surface area contributed by atoms with Crippen molar-refractivity contribution in [2.75, 3.05) is 33.7 Å². The second-order valence-corrected chi connectivity index (χ2v) is 9.71. The Labute approximate surface area is 179 Å². The third kappa shape index (κ3) is 4.64. The Morgan fingerprint density at radius 3 is 2.80 bits per heavy atom. The number of rotatable bonds is 6. The lowest BCUT2D eigenvalue weighted by Crippen LogP contribution is -2.49. The van der Waals surface area contributed by atoms with Gasteiger partial charge < -0.3 is 10.3 Å². The molecule has 2 atom stereocenters. The molecule has 0 aliphatic carbocycles. The maximum atomic E-state index is 13.1. The summed E-state index contributed by atoms with van der Waals surface area (Å²) in [6.07, 6.45) is 1.64. The fourth-order valence-corrected chi connectivity index (χ4v) is 5.26. The molecule has 1 aliphatic heterocycles. The lowest BCUT2D eigenvalue weighted by Gasteiger charge is -2.37. The SMILES string of the molecule is CNC(=O)CN(C)S(=O)(=O)N1CC[C@H](c2[nH]c(-c3ccc(F)cn3)nc2Cl)[C@H](C)C1. The van der Waals surface area contributed by atoms with E-state index >= 15 is 0 Å². The predicted molar refractivity (Wildman–Crippen MR) is 110 cm³/mol. The van der Waals surface area contributed by atoms with Gasteiger partial charge in [0.25, 0.3) is 10.2 Å². The molecule has 0 radical (unpaired) electrons. The molecule has 3 rings (SSSR count). The summed E-state index contributed by atoms with van der Waals surface area (Å²) in [5.74, 6) is -0.471. The van der Waals surface area contributed by atoms with Gasteiger partial charge in [0.05, 0.1) is 18.4 Å². The highest BCUT2D eigenvalue weighted by molar-refractivity contribution is 7.86. The highest BCUT2D eigenvalue weighted by atomic mass is 35.5. The number of H-pyrrole nitrogens is 1. The zero-order chi connectivity index (χ0) is 22.1. The molecule has 0 aromatic carbocycles. The molecule has 3 heterocycles. The molecule has 0 saturated carbocycles. The first-order chi connectivity index (χ1) is 14.1. The molecule has 0 spiro atoms. The Morgan fingerprint density at radius 2 is 2.20 bits per heavy atom. The number of piperidine rings is 1. The Hall–Kier alpha value is -2.08. The number of pyridine rings is 1. The van der Waals surface area contributed by atoms with Gasteiger partial charge in [0.15, 0.2) is 11.0 Å². The molecule has 9 nitrogen and oxygen atoms in total. The molecule has 164 valence electrons. The number of carbonyl (C=O) groups is 1. The van der Waals surface area contributed by atoms with Crippen LogP contribution in [0.1, 0.15) is 25.0 Å². The second-order valence-electron chi connectivity index (χ2n) is 7.32. The number of hydrogen-bond acceptors (Lipinski definition) is 5. The molecule has 0 unspecified atom stereocenters. The molecule has 2 aromatic rings. The van der Waals surface area contributed by atoms with E-state index in [0.29, 0.717) is 28.8 Å². The van der Waals surface area contributed by atoms with Crippen LogP contribution in [0.2, 0.25) is 5.15 Å². The van der Waals surface area contributed by atoms with E-state index in [4.69, 9.17) is 11.6 Å². The summed E-state index contributed by atoms with van der Waals surface area (Å²) in [5, 5.41) is 2.71. The fraction of sp³-hybridized carbons (Fsp3) is 0.500. The van der Waals surface area contributed by atoms with Gasteiger partial charge in [0.1, 0.15) is 11.5 Å². The zero-order valence-corrected chi connectivity index (χ0v) is 18.5. The fourth-order valence-electron chi connectivity index (χ4n) is 3.55. The van der Waals surface area contributed by atoms with Gasteiger partial charge in [-0.25, -0.2) is 14.4 Å². The van der Waals surface area contributed by atoms with E-state index < -0.39 is 16.0 Å². The highest BCUT2D eigenvalue weighted by Crippen LogP contribution is 2.37. The van der Waals surface area contributed by atoms with E-state index in [0.717, 1.165) is 10.5 Å². The summed E-state index contributed by atoms with van der Waals surface area (Å²) in [7, 11) is -0.914. The first-order valence-corrected chi connectivity index (χ1v) is 11.2. The first-order valence-electron chi connectivity index (χ1n) is 9.42. The average Bonchev–Trinajstić information content (AvgIpc) is 3.09. The smallest absolute Gasteiger partial charge is 0.282 e. The van der Waals surface area contributed by atoms with Crippen LogP contribution in [0.15, 0.2) is 18.3 Å².